The van der Waals surface area contributed by atoms with Crippen LogP contribution in [0.1, 0.15) is 85.0 Å². The Morgan fingerprint density at radius 2 is 1.43 bits per heavy atom. The number of hydrogen-bond donors (Lipinski definition) is 1. The fourth-order valence-corrected chi connectivity index (χ4v) is 2.70. The van der Waals surface area contributed by atoms with Crippen LogP contribution in [0.4, 0.5) is 0 Å². The van der Waals surface area contributed by atoms with Crippen molar-refractivity contribution in [3.05, 3.63) is 0 Å². The van der Waals surface area contributed by atoms with Gasteiger partial charge in [-0.15, -0.1) is 0 Å². The van der Waals surface area contributed by atoms with Gasteiger partial charge in [0.2, 0.25) is 5.91 Å². The van der Waals surface area contributed by atoms with Crippen molar-refractivity contribution in [1.82, 2.24) is 4.90 Å². The zero-order valence-corrected chi connectivity index (χ0v) is 14.7. The molecule has 0 rings (SSSR count). The van der Waals surface area contributed by atoms with Gasteiger partial charge in [0.05, 0.1) is 0 Å². The predicted molar refractivity (Wildman–Crippen MR) is 92.3 cm³/mol. The standard InChI is InChI=1S/C18H38N2O/c1-4-7-10-11-12-17(13-14-19)18(21)20(15-8-5-2)16-9-6-3/h17H,4-16,19H2,1-3H3. The average Bonchev–Trinajstić information content (AvgIpc) is 2.50. The molecule has 3 heteroatoms. The van der Waals surface area contributed by atoms with Gasteiger partial charge in [-0.2, -0.15) is 0 Å². The zero-order valence-electron chi connectivity index (χ0n) is 14.7. The van der Waals surface area contributed by atoms with Crippen LogP contribution in [0, 0.1) is 5.92 Å². The van der Waals surface area contributed by atoms with E-state index in [1.165, 1.54) is 25.7 Å². The fraction of sp³-hybridized carbons (Fsp3) is 0.944. The number of amides is 1. The van der Waals surface area contributed by atoms with Gasteiger partial charge >= 0.3 is 0 Å². The van der Waals surface area contributed by atoms with Crippen molar-refractivity contribution in [1.29, 1.82) is 0 Å². The molecule has 21 heavy (non-hydrogen) atoms. The minimum atomic E-state index is 0.153. The molecule has 0 saturated carbocycles. The molecule has 0 fully saturated rings. The predicted octanol–water partition coefficient (Wildman–Crippen LogP) is 4.35. The molecule has 0 aliphatic heterocycles. The smallest absolute Gasteiger partial charge is 0.225 e. The summed E-state index contributed by atoms with van der Waals surface area (Å²) in [7, 11) is 0. The van der Waals surface area contributed by atoms with Gasteiger partial charge in [0.15, 0.2) is 0 Å². The minimum absolute atomic E-state index is 0.153. The van der Waals surface area contributed by atoms with E-state index >= 15 is 0 Å². The molecule has 1 atom stereocenters. The van der Waals surface area contributed by atoms with Gasteiger partial charge in [-0.25, -0.2) is 0 Å². The quantitative estimate of drug-likeness (QED) is 0.485. The third-order valence-corrected chi connectivity index (χ3v) is 4.15. The lowest BCUT2D eigenvalue weighted by Gasteiger charge is -2.27. The van der Waals surface area contributed by atoms with Crippen molar-refractivity contribution >= 4 is 5.91 Å². The maximum absolute atomic E-state index is 12.8. The van der Waals surface area contributed by atoms with Crippen LogP contribution in [-0.4, -0.2) is 30.4 Å². The van der Waals surface area contributed by atoms with Crippen molar-refractivity contribution in [2.45, 2.75) is 85.0 Å². The summed E-state index contributed by atoms with van der Waals surface area (Å²) in [5, 5.41) is 0. The van der Waals surface area contributed by atoms with Crippen LogP contribution in [0.25, 0.3) is 0 Å². The molecule has 1 amide bonds. The maximum Gasteiger partial charge on any atom is 0.225 e. The Bertz CT molecular complexity index is 235. The van der Waals surface area contributed by atoms with Crippen molar-refractivity contribution in [2.24, 2.45) is 11.7 Å². The van der Waals surface area contributed by atoms with Gasteiger partial charge in [0.1, 0.15) is 0 Å². The Morgan fingerprint density at radius 3 is 1.90 bits per heavy atom. The lowest BCUT2D eigenvalue weighted by atomic mass is 9.95. The highest BCUT2D eigenvalue weighted by molar-refractivity contribution is 5.78. The summed E-state index contributed by atoms with van der Waals surface area (Å²) in [6.07, 6.45) is 11.3. The molecule has 126 valence electrons. The Balaban J connectivity index is 4.45. The number of unbranched alkanes of at least 4 members (excludes halogenated alkanes) is 5. The summed E-state index contributed by atoms with van der Waals surface area (Å²) in [6, 6.07) is 0. The van der Waals surface area contributed by atoms with Crippen molar-refractivity contribution in [3.63, 3.8) is 0 Å². The number of nitrogens with two attached hydrogens (primary N) is 1. The molecule has 0 spiro atoms. The van der Waals surface area contributed by atoms with Crippen molar-refractivity contribution < 1.29 is 4.79 Å². The number of carbonyl (C=O) groups is 1. The zero-order chi connectivity index (χ0) is 15.9. The van der Waals surface area contributed by atoms with Crippen LogP contribution in [-0.2, 0) is 4.79 Å². The maximum atomic E-state index is 12.8. The highest BCUT2D eigenvalue weighted by Crippen LogP contribution is 2.18. The van der Waals surface area contributed by atoms with Gasteiger partial charge in [-0.3, -0.25) is 4.79 Å². The van der Waals surface area contributed by atoms with Crippen LogP contribution in [0.2, 0.25) is 0 Å². The first kappa shape index (κ1) is 20.4. The summed E-state index contributed by atoms with van der Waals surface area (Å²) >= 11 is 0. The molecule has 0 aliphatic rings. The number of rotatable bonds is 14. The molecular weight excluding hydrogens is 260 g/mol. The topological polar surface area (TPSA) is 46.3 Å². The molecule has 0 aromatic carbocycles. The lowest BCUT2D eigenvalue weighted by molar-refractivity contribution is -0.136. The first-order valence-corrected chi connectivity index (χ1v) is 9.19. The van der Waals surface area contributed by atoms with E-state index in [9.17, 15) is 4.79 Å². The molecular formula is C18H38N2O. The summed E-state index contributed by atoms with van der Waals surface area (Å²) in [4.78, 5) is 14.9. The summed E-state index contributed by atoms with van der Waals surface area (Å²) in [5.41, 5.74) is 5.73. The largest absolute Gasteiger partial charge is 0.342 e. The molecule has 0 bridgehead atoms. The Labute approximate surface area is 132 Å². The normalized spacial score (nSPS) is 12.4. The van der Waals surface area contributed by atoms with Crippen molar-refractivity contribution in [2.75, 3.05) is 19.6 Å². The first-order chi connectivity index (χ1) is 10.2. The molecule has 0 saturated heterocycles. The highest BCUT2D eigenvalue weighted by atomic mass is 16.2. The molecule has 3 nitrogen and oxygen atoms in total. The van der Waals surface area contributed by atoms with E-state index in [0.717, 1.165) is 51.6 Å². The summed E-state index contributed by atoms with van der Waals surface area (Å²) in [6.45, 7) is 9.06. The fourth-order valence-electron chi connectivity index (χ4n) is 2.70. The molecule has 0 aromatic heterocycles. The highest BCUT2D eigenvalue weighted by Gasteiger charge is 2.22. The SMILES string of the molecule is CCCCCCC(CCN)C(=O)N(CCCC)CCCC. The van der Waals surface area contributed by atoms with E-state index in [0.29, 0.717) is 12.5 Å². The Kier molecular flexibility index (Phi) is 14.0. The van der Waals surface area contributed by atoms with E-state index in [1.807, 2.05) is 0 Å². The van der Waals surface area contributed by atoms with Gasteiger partial charge in [-0.1, -0.05) is 59.3 Å². The molecule has 0 heterocycles. The first-order valence-electron chi connectivity index (χ1n) is 9.19. The molecule has 0 aliphatic carbocycles. The van der Waals surface area contributed by atoms with Crippen molar-refractivity contribution in [3.8, 4) is 0 Å². The van der Waals surface area contributed by atoms with Crippen LogP contribution in [0.3, 0.4) is 0 Å². The van der Waals surface area contributed by atoms with Gasteiger partial charge in [0, 0.05) is 19.0 Å². The number of nitrogens with zero attached hydrogens (tertiary/aromatic N) is 1. The monoisotopic (exact) mass is 298 g/mol. The average molecular weight is 299 g/mol. The second-order valence-electron chi connectivity index (χ2n) is 6.16. The molecule has 0 radical (unpaired) electrons. The lowest BCUT2D eigenvalue weighted by Crippen LogP contribution is -2.38. The van der Waals surface area contributed by atoms with Gasteiger partial charge < -0.3 is 10.6 Å². The van der Waals surface area contributed by atoms with E-state index in [-0.39, 0.29) is 5.92 Å². The third kappa shape index (κ3) is 9.89. The van der Waals surface area contributed by atoms with Crippen LogP contribution < -0.4 is 5.73 Å². The van der Waals surface area contributed by atoms with Crippen LogP contribution >= 0.6 is 0 Å². The van der Waals surface area contributed by atoms with E-state index in [4.69, 9.17) is 5.73 Å². The van der Waals surface area contributed by atoms with Crippen LogP contribution in [0.5, 0.6) is 0 Å². The van der Waals surface area contributed by atoms with Gasteiger partial charge in [-0.05, 0) is 32.2 Å². The van der Waals surface area contributed by atoms with Crippen LogP contribution in [0.15, 0.2) is 0 Å². The second-order valence-corrected chi connectivity index (χ2v) is 6.16. The second kappa shape index (κ2) is 14.4. The Hall–Kier alpha value is -0.570. The van der Waals surface area contributed by atoms with E-state index in [1.54, 1.807) is 0 Å². The van der Waals surface area contributed by atoms with E-state index < -0.39 is 0 Å². The minimum Gasteiger partial charge on any atom is -0.342 e. The number of hydrogen-bond acceptors (Lipinski definition) is 2. The summed E-state index contributed by atoms with van der Waals surface area (Å²) in [5.74, 6) is 0.513. The molecule has 2 N–H and O–H groups in total. The molecule has 0 aromatic rings. The Morgan fingerprint density at radius 1 is 0.857 bits per heavy atom. The van der Waals surface area contributed by atoms with Gasteiger partial charge in [0.25, 0.3) is 0 Å². The molecule has 1 unspecified atom stereocenters. The third-order valence-electron chi connectivity index (χ3n) is 4.15. The number of carbonyl (C=O) groups excluding carboxylic acids is 1. The van der Waals surface area contributed by atoms with E-state index in [2.05, 4.69) is 25.7 Å². The summed E-state index contributed by atoms with van der Waals surface area (Å²) < 4.78 is 0.